The maximum absolute atomic E-state index is 14.1. The van der Waals surface area contributed by atoms with Crippen molar-refractivity contribution in [1.82, 2.24) is 0 Å². The first-order chi connectivity index (χ1) is 24.6. The van der Waals surface area contributed by atoms with Crippen LogP contribution < -0.4 is 0 Å². The maximum Gasteiger partial charge on any atom is 0.338 e. The van der Waals surface area contributed by atoms with Gasteiger partial charge in [0.05, 0.1) is 49.1 Å². The van der Waals surface area contributed by atoms with Crippen LogP contribution in [0.2, 0.25) is 0 Å². The minimum absolute atomic E-state index is 0.00482. The summed E-state index contributed by atoms with van der Waals surface area (Å²) in [5.41, 5.74) is 0.531. The fourth-order valence-corrected chi connectivity index (χ4v) is 6.57. The zero-order valence-electron chi connectivity index (χ0n) is 32.4. The summed E-state index contributed by atoms with van der Waals surface area (Å²) in [6, 6.07) is 9.91. The Bertz CT molecular complexity index is 1250. The first kappa shape index (κ1) is 44.1. The van der Waals surface area contributed by atoms with Crippen LogP contribution in [0.3, 0.4) is 0 Å². The monoisotopic (exact) mass is 738 g/mol. The van der Waals surface area contributed by atoms with E-state index < -0.39 is 66.0 Å². The molecule has 13 heteroatoms. The highest BCUT2D eigenvalue weighted by Gasteiger charge is 2.52. The molecule has 2 heterocycles. The van der Waals surface area contributed by atoms with Crippen molar-refractivity contribution >= 4 is 11.8 Å². The average molecular weight is 739 g/mol. The topological polar surface area (TPSA) is 158 Å². The molecule has 2 aliphatic rings. The summed E-state index contributed by atoms with van der Waals surface area (Å²) in [5.74, 6) is -2.22. The molecule has 3 rings (SSSR count). The highest BCUT2D eigenvalue weighted by Crippen LogP contribution is 2.38. The normalized spacial score (nSPS) is 31.2. The van der Waals surface area contributed by atoms with Crippen LogP contribution in [-0.4, -0.2) is 118 Å². The highest BCUT2D eigenvalue weighted by molar-refractivity contribution is 5.89. The van der Waals surface area contributed by atoms with Gasteiger partial charge in [-0.1, -0.05) is 57.2 Å². The molecule has 2 saturated heterocycles. The second-order valence-corrected chi connectivity index (χ2v) is 14.8. The molecule has 0 saturated carbocycles. The Morgan fingerprint density at radius 1 is 0.942 bits per heavy atom. The zero-order chi connectivity index (χ0) is 38.5. The van der Waals surface area contributed by atoms with Gasteiger partial charge in [-0.05, 0) is 38.3 Å². The van der Waals surface area contributed by atoms with Crippen molar-refractivity contribution in [3.05, 3.63) is 47.5 Å². The lowest BCUT2D eigenvalue weighted by atomic mass is 9.76. The van der Waals surface area contributed by atoms with E-state index >= 15 is 0 Å². The third-order valence-electron chi connectivity index (χ3n) is 9.78. The summed E-state index contributed by atoms with van der Waals surface area (Å²) in [7, 11) is 4.38. The van der Waals surface area contributed by atoms with Crippen molar-refractivity contribution < 1.29 is 62.4 Å². The summed E-state index contributed by atoms with van der Waals surface area (Å²) in [6.45, 7) is 11.1. The molecule has 0 spiro atoms. The zero-order valence-corrected chi connectivity index (χ0v) is 32.4. The number of ether oxygens (including phenoxy) is 9. The molecule has 2 N–H and O–H groups in total. The van der Waals surface area contributed by atoms with Gasteiger partial charge in [0, 0.05) is 52.9 Å². The number of Topliss-reactive ketones (excluding diaryl/α,β-unsaturated/α-hetero) is 1. The fraction of sp³-hybridized carbons (Fsp3) is 0.744. The van der Waals surface area contributed by atoms with Crippen molar-refractivity contribution in [3.63, 3.8) is 0 Å². The third-order valence-corrected chi connectivity index (χ3v) is 9.78. The Morgan fingerprint density at radius 3 is 2.25 bits per heavy atom. The first-order valence-electron chi connectivity index (χ1n) is 18.2. The van der Waals surface area contributed by atoms with Crippen molar-refractivity contribution in [2.24, 2.45) is 11.3 Å². The van der Waals surface area contributed by atoms with E-state index in [1.807, 2.05) is 43.3 Å². The van der Waals surface area contributed by atoms with Crippen LogP contribution in [0, 0.1) is 11.3 Å². The summed E-state index contributed by atoms with van der Waals surface area (Å²) >= 11 is 0. The third kappa shape index (κ3) is 12.9. The van der Waals surface area contributed by atoms with Gasteiger partial charge in [0.15, 0.2) is 17.7 Å². The largest absolute Gasteiger partial charge is 0.456 e. The molecule has 2 fully saturated rings. The van der Waals surface area contributed by atoms with Gasteiger partial charge < -0.3 is 52.8 Å². The molecule has 1 aromatic carbocycles. The summed E-state index contributed by atoms with van der Waals surface area (Å²) in [6.07, 6.45) is -5.12. The van der Waals surface area contributed by atoms with Crippen molar-refractivity contribution in [3.8, 4) is 0 Å². The van der Waals surface area contributed by atoms with Crippen LogP contribution >= 0.6 is 0 Å². The number of benzene rings is 1. The molecule has 9 atom stereocenters. The van der Waals surface area contributed by atoms with Crippen LogP contribution in [-0.2, 0) is 58.8 Å². The Hall–Kier alpha value is -2.30. The molecule has 0 amide bonds. The molecule has 0 aromatic heterocycles. The van der Waals surface area contributed by atoms with Crippen LogP contribution in [0.4, 0.5) is 0 Å². The van der Waals surface area contributed by atoms with Gasteiger partial charge in [0.25, 0.3) is 0 Å². The minimum Gasteiger partial charge on any atom is -0.456 e. The van der Waals surface area contributed by atoms with Gasteiger partial charge in [0.2, 0.25) is 0 Å². The predicted molar refractivity (Wildman–Crippen MR) is 191 cm³/mol. The van der Waals surface area contributed by atoms with E-state index in [-0.39, 0.29) is 51.0 Å². The maximum atomic E-state index is 14.1. The quantitative estimate of drug-likeness (QED) is 0.157. The molecule has 2 aliphatic heterocycles. The number of methoxy groups -OCH3 is 3. The van der Waals surface area contributed by atoms with Gasteiger partial charge in [-0.25, -0.2) is 4.79 Å². The van der Waals surface area contributed by atoms with Crippen molar-refractivity contribution in [2.45, 2.75) is 135 Å². The van der Waals surface area contributed by atoms with E-state index in [4.69, 9.17) is 42.6 Å². The molecule has 1 aromatic rings. The van der Waals surface area contributed by atoms with Gasteiger partial charge in [-0.15, -0.1) is 0 Å². The number of cyclic esters (lactones) is 1. The second-order valence-electron chi connectivity index (χ2n) is 14.8. The van der Waals surface area contributed by atoms with E-state index in [0.717, 1.165) is 17.6 Å². The lowest BCUT2D eigenvalue weighted by molar-refractivity contribution is -0.197. The molecule has 0 unspecified atom stereocenters. The smallest absolute Gasteiger partial charge is 0.338 e. The second kappa shape index (κ2) is 21.0. The number of fused-ring (bicyclic) bond motifs is 1. The standard InChI is InChI=1S/C39H62O13/c1-10-26(21-47-22-27-14-12-11-13-15-27)16-25(2)30-19-29(46-9)20-33(41)38(3,4)36(42)34-32(51-39(5,6)52-34)18-28(40)17-31(48-23-44-7)35(37(43)50-30)49-24-45-8/h11-16,26,28-35,40-41H,10,17-24H2,1-9H3/b25-16-/t26-,28+,29-,30+,31-,32-,33+,34-,35+/m1/s1. The molecule has 296 valence electrons. The van der Waals surface area contributed by atoms with Gasteiger partial charge >= 0.3 is 5.97 Å². The number of ketones is 1. The van der Waals surface area contributed by atoms with E-state index in [0.29, 0.717) is 13.2 Å². The van der Waals surface area contributed by atoms with Gasteiger partial charge in [-0.2, -0.15) is 0 Å². The Balaban J connectivity index is 2.01. The molecule has 0 radical (unpaired) electrons. The lowest BCUT2D eigenvalue weighted by Crippen LogP contribution is -2.49. The van der Waals surface area contributed by atoms with Crippen LogP contribution in [0.15, 0.2) is 42.0 Å². The molecular weight excluding hydrogens is 676 g/mol. The summed E-state index contributed by atoms with van der Waals surface area (Å²) in [4.78, 5) is 28.2. The SMILES string of the molecule is CC[C@H](/C=C(/C)[C@@H]1C[C@@H](OC)C[C@H](O)C(C)(C)C(=O)[C@@H]2OC(C)(C)O[C@@H]2C[C@@H](O)C[C@@H](OCOC)[C@H](OCOC)C(=O)O1)COCc1ccccc1. The first-order valence-corrected chi connectivity index (χ1v) is 18.2. The van der Waals surface area contributed by atoms with Crippen LogP contribution in [0.1, 0.15) is 79.2 Å². The van der Waals surface area contributed by atoms with Gasteiger partial charge in [0.1, 0.15) is 25.8 Å². The molecule has 0 aliphatic carbocycles. The molecule has 0 bridgehead atoms. The van der Waals surface area contributed by atoms with Gasteiger partial charge in [-0.3, -0.25) is 4.79 Å². The molecule has 52 heavy (non-hydrogen) atoms. The number of esters is 1. The number of carbonyl (C=O) groups excluding carboxylic acids is 2. The van der Waals surface area contributed by atoms with E-state index in [9.17, 15) is 19.8 Å². The molecule has 13 nitrogen and oxygen atoms in total. The summed E-state index contributed by atoms with van der Waals surface area (Å²) in [5, 5.41) is 23.0. The highest BCUT2D eigenvalue weighted by atomic mass is 16.8. The van der Waals surface area contributed by atoms with Crippen LogP contribution in [0.5, 0.6) is 0 Å². The van der Waals surface area contributed by atoms with Crippen molar-refractivity contribution in [2.75, 3.05) is 41.5 Å². The molecular formula is C39H62O13. The number of hydrogen-bond acceptors (Lipinski definition) is 13. The Kier molecular flexibility index (Phi) is 17.8. The number of rotatable bonds is 14. The van der Waals surface area contributed by atoms with Crippen LogP contribution in [0.25, 0.3) is 0 Å². The lowest BCUT2D eigenvalue weighted by Gasteiger charge is -2.35. The fourth-order valence-electron chi connectivity index (χ4n) is 6.57. The average Bonchev–Trinajstić information content (AvgIpc) is 3.41. The number of aliphatic hydroxyl groups excluding tert-OH is 2. The predicted octanol–water partition coefficient (Wildman–Crippen LogP) is 4.49. The van der Waals surface area contributed by atoms with E-state index in [1.54, 1.807) is 27.7 Å². The number of aliphatic hydroxyl groups is 2. The van der Waals surface area contributed by atoms with Crippen molar-refractivity contribution in [1.29, 1.82) is 0 Å². The number of carbonyl (C=O) groups is 2. The Labute approximate surface area is 309 Å². The van der Waals surface area contributed by atoms with E-state index in [2.05, 4.69) is 6.92 Å². The summed E-state index contributed by atoms with van der Waals surface area (Å²) < 4.78 is 52.4. The minimum atomic E-state index is -1.33. The Morgan fingerprint density at radius 2 is 1.62 bits per heavy atom. The number of hydrogen-bond donors (Lipinski definition) is 2. The van der Waals surface area contributed by atoms with E-state index in [1.165, 1.54) is 21.3 Å².